The Labute approximate surface area is 109 Å². The van der Waals surface area contributed by atoms with E-state index in [2.05, 4.69) is 10.2 Å². The Balaban J connectivity index is 2.14. The van der Waals surface area contributed by atoms with Crippen molar-refractivity contribution >= 4 is 23.2 Å². The monoisotopic (exact) mass is 267 g/mol. The third-order valence-electron chi connectivity index (χ3n) is 2.88. The van der Waals surface area contributed by atoms with Gasteiger partial charge >= 0.3 is 0 Å². The maximum absolute atomic E-state index is 6.02. The van der Waals surface area contributed by atoms with E-state index in [4.69, 9.17) is 23.2 Å². The number of hydrogen-bond donors (Lipinski definition) is 0. The number of halogens is 2. The highest BCUT2D eigenvalue weighted by atomic mass is 35.5. The second-order valence-electron chi connectivity index (χ2n) is 4.20. The fraction of sp³-hybridized carbons (Fsp3) is 0.333. The molecule has 0 saturated heterocycles. The van der Waals surface area contributed by atoms with Crippen molar-refractivity contribution in [3.8, 4) is 5.69 Å². The van der Waals surface area contributed by atoms with Crippen LogP contribution in [0.4, 0.5) is 0 Å². The minimum absolute atomic E-state index is 0.353. The van der Waals surface area contributed by atoms with E-state index < -0.39 is 0 Å². The lowest BCUT2D eigenvalue weighted by Gasteiger charge is -2.08. The summed E-state index contributed by atoms with van der Waals surface area (Å²) in [6.45, 7) is 0. The molecular weight excluding hydrogens is 257 g/mol. The van der Waals surface area contributed by atoms with Gasteiger partial charge in [0.15, 0.2) is 5.82 Å². The van der Waals surface area contributed by atoms with Crippen molar-refractivity contribution in [1.82, 2.24) is 14.8 Å². The van der Waals surface area contributed by atoms with Gasteiger partial charge in [0.05, 0.1) is 11.6 Å². The Kier molecular flexibility index (Phi) is 2.81. The third-order valence-corrected chi connectivity index (χ3v) is 3.36. The number of hydrogen-bond acceptors (Lipinski definition) is 2. The number of nitrogens with zero attached hydrogens (tertiary/aromatic N) is 3. The summed E-state index contributed by atoms with van der Waals surface area (Å²) in [6, 6.07) is 7.68. The molecule has 1 aliphatic carbocycles. The second-order valence-corrected chi connectivity index (χ2v) is 4.90. The SMILES string of the molecule is ClCc1nnc(C2CC2)n1-c1cccc(Cl)c1. The molecule has 1 aromatic heterocycles. The predicted octanol–water partition coefficient (Wildman–Crippen LogP) is 3.54. The molecule has 1 fully saturated rings. The van der Waals surface area contributed by atoms with Crippen LogP contribution < -0.4 is 0 Å². The molecule has 88 valence electrons. The van der Waals surface area contributed by atoms with Gasteiger partial charge in [0.25, 0.3) is 0 Å². The predicted molar refractivity (Wildman–Crippen MR) is 67.9 cm³/mol. The minimum Gasteiger partial charge on any atom is -0.282 e. The lowest BCUT2D eigenvalue weighted by Crippen LogP contribution is -2.03. The van der Waals surface area contributed by atoms with Gasteiger partial charge < -0.3 is 0 Å². The topological polar surface area (TPSA) is 30.7 Å². The molecule has 0 N–H and O–H groups in total. The van der Waals surface area contributed by atoms with Crippen LogP contribution in [0.15, 0.2) is 24.3 Å². The first kappa shape index (κ1) is 11.1. The van der Waals surface area contributed by atoms with Crippen molar-refractivity contribution in [2.75, 3.05) is 0 Å². The molecule has 0 spiro atoms. The molecule has 5 heteroatoms. The van der Waals surface area contributed by atoms with Gasteiger partial charge in [-0.3, -0.25) is 4.57 Å². The molecule has 0 aliphatic heterocycles. The largest absolute Gasteiger partial charge is 0.282 e. The summed E-state index contributed by atoms with van der Waals surface area (Å²) in [4.78, 5) is 0. The molecule has 2 aromatic rings. The van der Waals surface area contributed by atoms with Crippen molar-refractivity contribution in [2.45, 2.75) is 24.6 Å². The van der Waals surface area contributed by atoms with Gasteiger partial charge in [-0.2, -0.15) is 0 Å². The van der Waals surface area contributed by atoms with Gasteiger partial charge in [-0.05, 0) is 31.0 Å². The van der Waals surface area contributed by atoms with Crippen molar-refractivity contribution < 1.29 is 0 Å². The smallest absolute Gasteiger partial charge is 0.152 e. The fourth-order valence-electron chi connectivity index (χ4n) is 1.92. The number of alkyl halides is 1. The van der Waals surface area contributed by atoms with Crippen LogP contribution in [-0.2, 0) is 5.88 Å². The zero-order valence-corrected chi connectivity index (χ0v) is 10.6. The molecule has 0 bridgehead atoms. The van der Waals surface area contributed by atoms with Crippen molar-refractivity contribution in [1.29, 1.82) is 0 Å². The summed E-state index contributed by atoms with van der Waals surface area (Å²) in [5.74, 6) is 2.66. The highest BCUT2D eigenvalue weighted by Crippen LogP contribution is 2.40. The van der Waals surface area contributed by atoms with E-state index in [1.54, 1.807) is 0 Å². The Morgan fingerprint density at radius 2 is 2.12 bits per heavy atom. The highest BCUT2D eigenvalue weighted by Gasteiger charge is 2.30. The molecule has 0 radical (unpaired) electrons. The van der Waals surface area contributed by atoms with Crippen LogP contribution in [0.5, 0.6) is 0 Å². The summed E-state index contributed by atoms with van der Waals surface area (Å²) in [5, 5.41) is 9.09. The number of aromatic nitrogens is 3. The van der Waals surface area contributed by atoms with E-state index >= 15 is 0 Å². The standard InChI is InChI=1S/C12H11Cl2N3/c13-7-11-15-16-12(8-4-5-8)17(11)10-3-1-2-9(14)6-10/h1-3,6,8H,4-5,7H2. The quantitative estimate of drug-likeness (QED) is 0.797. The van der Waals surface area contributed by atoms with Crippen molar-refractivity contribution in [3.05, 3.63) is 40.9 Å². The average Bonchev–Trinajstić information content (AvgIpc) is 3.08. The number of benzene rings is 1. The van der Waals surface area contributed by atoms with Crippen LogP contribution in [0.1, 0.15) is 30.4 Å². The van der Waals surface area contributed by atoms with Crippen LogP contribution in [-0.4, -0.2) is 14.8 Å². The Morgan fingerprint density at radius 3 is 2.76 bits per heavy atom. The fourth-order valence-corrected chi connectivity index (χ4v) is 2.28. The van der Waals surface area contributed by atoms with E-state index in [1.165, 1.54) is 12.8 Å². The lowest BCUT2D eigenvalue weighted by atomic mass is 10.3. The molecule has 1 saturated carbocycles. The second kappa shape index (κ2) is 4.31. The van der Waals surface area contributed by atoms with Gasteiger partial charge in [0, 0.05) is 10.9 Å². The van der Waals surface area contributed by atoms with E-state index in [1.807, 2.05) is 28.8 Å². The molecule has 3 nitrogen and oxygen atoms in total. The average molecular weight is 268 g/mol. The highest BCUT2D eigenvalue weighted by molar-refractivity contribution is 6.30. The van der Waals surface area contributed by atoms with Crippen LogP contribution in [0.25, 0.3) is 5.69 Å². The van der Waals surface area contributed by atoms with Crippen LogP contribution in [0.3, 0.4) is 0 Å². The third kappa shape index (κ3) is 2.05. The summed E-state index contributed by atoms with van der Waals surface area (Å²) in [7, 11) is 0. The minimum atomic E-state index is 0.353. The Hall–Kier alpha value is -1.06. The van der Waals surface area contributed by atoms with E-state index in [0.717, 1.165) is 17.3 Å². The molecule has 17 heavy (non-hydrogen) atoms. The summed E-state index contributed by atoms with van der Waals surface area (Å²) < 4.78 is 2.02. The summed E-state index contributed by atoms with van der Waals surface area (Å²) in [5.41, 5.74) is 0.986. The number of rotatable bonds is 3. The van der Waals surface area contributed by atoms with Gasteiger partial charge in [-0.25, -0.2) is 0 Å². The van der Waals surface area contributed by atoms with E-state index in [9.17, 15) is 0 Å². The normalized spacial score (nSPS) is 15.2. The maximum Gasteiger partial charge on any atom is 0.152 e. The first-order valence-corrected chi connectivity index (χ1v) is 6.47. The molecule has 0 amide bonds. The van der Waals surface area contributed by atoms with Crippen LogP contribution in [0, 0.1) is 0 Å². The van der Waals surface area contributed by atoms with Gasteiger partial charge in [0.2, 0.25) is 0 Å². The molecular formula is C12H11Cl2N3. The van der Waals surface area contributed by atoms with Crippen LogP contribution in [0.2, 0.25) is 5.02 Å². The summed E-state index contributed by atoms with van der Waals surface area (Å²) >= 11 is 11.9. The molecule has 0 unspecified atom stereocenters. The van der Waals surface area contributed by atoms with Gasteiger partial charge in [-0.1, -0.05) is 17.7 Å². The zero-order valence-electron chi connectivity index (χ0n) is 9.11. The first-order chi connectivity index (χ1) is 8.29. The zero-order chi connectivity index (χ0) is 11.8. The van der Waals surface area contributed by atoms with Crippen molar-refractivity contribution in [3.63, 3.8) is 0 Å². The molecule has 1 aromatic carbocycles. The molecule has 1 heterocycles. The van der Waals surface area contributed by atoms with E-state index in [0.29, 0.717) is 16.8 Å². The molecule has 3 rings (SSSR count). The molecule has 1 aliphatic rings. The first-order valence-electron chi connectivity index (χ1n) is 5.55. The summed E-state index contributed by atoms with van der Waals surface area (Å²) in [6.07, 6.45) is 2.36. The van der Waals surface area contributed by atoms with Gasteiger partial charge in [0.1, 0.15) is 5.82 Å². The Morgan fingerprint density at radius 1 is 1.29 bits per heavy atom. The van der Waals surface area contributed by atoms with E-state index in [-0.39, 0.29) is 0 Å². The maximum atomic E-state index is 6.02. The lowest BCUT2D eigenvalue weighted by molar-refractivity contribution is 0.857. The van der Waals surface area contributed by atoms with Gasteiger partial charge in [-0.15, -0.1) is 21.8 Å². The van der Waals surface area contributed by atoms with Crippen molar-refractivity contribution in [2.24, 2.45) is 0 Å². The Bertz CT molecular complexity index is 546. The van der Waals surface area contributed by atoms with Crippen LogP contribution >= 0.6 is 23.2 Å². The molecule has 0 atom stereocenters.